The normalized spacial score (nSPS) is 12.5. The maximum atomic E-state index is 10.2. The molecule has 2 aromatic carbocycles. The fourth-order valence-corrected chi connectivity index (χ4v) is 4.70. The molecule has 3 rings (SSSR count). The minimum absolute atomic E-state index is 0.294. The van der Waals surface area contributed by atoms with E-state index in [0.717, 1.165) is 26.7 Å². The number of aliphatic hydroxyl groups excluding tert-OH is 1. The Morgan fingerprint density at radius 2 is 1.88 bits per heavy atom. The lowest BCUT2D eigenvalue weighted by molar-refractivity contribution is 0.125. The Morgan fingerprint density at radius 3 is 2.58 bits per heavy atom. The predicted octanol–water partition coefficient (Wildman–Crippen LogP) is 4.75. The number of rotatable bonds is 6. The van der Waals surface area contributed by atoms with Gasteiger partial charge in [-0.15, -0.1) is 11.3 Å². The molecule has 5 heteroatoms. The van der Waals surface area contributed by atoms with Crippen molar-refractivity contribution in [2.45, 2.75) is 31.2 Å². The van der Waals surface area contributed by atoms with Crippen LogP contribution in [0.25, 0.3) is 10.2 Å². The number of nitrogens with zero attached hydrogens (tertiary/aromatic N) is 1. The molecule has 126 valence electrons. The summed E-state index contributed by atoms with van der Waals surface area (Å²) in [5.41, 5.74) is 4.46. The minimum atomic E-state index is -0.526. The quantitative estimate of drug-likeness (QED) is 0.645. The van der Waals surface area contributed by atoms with Gasteiger partial charge in [0.2, 0.25) is 0 Å². The Morgan fingerprint density at radius 1 is 1.17 bits per heavy atom. The molecule has 0 fully saturated rings. The molecule has 1 atom stereocenters. The molecule has 0 saturated carbocycles. The second-order valence-electron chi connectivity index (χ2n) is 5.95. The topological polar surface area (TPSA) is 42.4 Å². The van der Waals surface area contributed by atoms with Crippen molar-refractivity contribution >= 4 is 33.3 Å². The molecular weight excluding hydrogens is 338 g/mol. The summed E-state index contributed by atoms with van der Waals surface area (Å²) in [5, 5.41) is 10.2. The van der Waals surface area contributed by atoms with Crippen LogP contribution in [0, 0.1) is 20.8 Å². The number of hydrogen-bond donors (Lipinski definition) is 1. The maximum Gasteiger partial charge on any atom is 0.151 e. The average Bonchev–Trinajstić information content (AvgIpc) is 2.94. The van der Waals surface area contributed by atoms with Gasteiger partial charge in [0.15, 0.2) is 4.34 Å². The molecule has 1 aromatic heterocycles. The fourth-order valence-electron chi connectivity index (χ4n) is 2.70. The number of fused-ring (bicyclic) bond motifs is 1. The molecule has 1 N–H and O–H groups in total. The highest BCUT2D eigenvalue weighted by atomic mass is 32.2. The van der Waals surface area contributed by atoms with E-state index in [0.29, 0.717) is 12.4 Å². The van der Waals surface area contributed by atoms with E-state index >= 15 is 0 Å². The van der Waals surface area contributed by atoms with Crippen molar-refractivity contribution < 1.29 is 9.84 Å². The predicted molar refractivity (Wildman–Crippen MR) is 102 cm³/mol. The molecule has 0 radical (unpaired) electrons. The Balaban J connectivity index is 1.55. The van der Waals surface area contributed by atoms with E-state index in [-0.39, 0.29) is 0 Å². The van der Waals surface area contributed by atoms with Gasteiger partial charge in [0.25, 0.3) is 0 Å². The van der Waals surface area contributed by atoms with Crippen LogP contribution in [0.1, 0.15) is 16.7 Å². The van der Waals surface area contributed by atoms with E-state index in [1.165, 1.54) is 10.3 Å². The van der Waals surface area contributed by atoms with Crippen molar-refractivity contribution in [3.05, 3.63) is 53.1 Å². The lowest BCUT2D eigenvalue weighted by Gasteiger charge is -2.15. The molecule has 0 bridgehead atoms. The average molecular weight is 360 g/mol. The molecule has 0 amide bonds. The van der Waals surface area contributed by atoms with Crippen molar-refractivity contribution in [1.82, 2.24) is 4.98 Å². The van der Waals surface area contributed by atoms with E-state index < -0.39 is 6.10 Å². The SMILES string of the molecule is Cc1cc(C)c(OCC(O)CSc2nc3ccccc3s2)c(C)c1. The molecule has 0 spiro atoms. The number of thioether (sulfide) groups is 1. The van der Waals surface area contributed by atoms with Crippen LogP contribution in [0.5, 0.6) is 5.75 Å². The van der Waals surface area contributed by atoms with Gasteiger partial charge in [-0.1, -0.05) is 41.6 Å². The third-order valence-corrected chi connectivity index (χ3v) is 6.02. The lowest BCUT2D eigenvalue weighted by atomic mass is 10.1. The molecule has 0 aliphatic carbocycles. The molecular formula is C19H21NO2S2. The van der Waals surface area contributed by atoms with Gasteiger partial charge in [-0.05, 0) is 44.0 Å². The highest BCUT2D eigenvalue weighted by molar-refractivity contribution is 8.01. The van der Waals surface area contributed by atoms with Gasteiger partial charge in [-0.3, -0.25) is 0 Å². The Labute approximate surface area is 150 Å². The highest BCUT2D eigenvalue weighted by Gasteiger charge is 2.12. The number of thiazole rings is 1. The number of benzene rings is 2. The second-order valence-corrected chi connectivity index (χ2v) is 8.25. The summed E-state index contributed by atoms with van der Waals surface area (Å²) in [4.78, 5) is 4.57. The zero-order valence-corrected chi connectivity index (χ0v) is 15.7. The summed E-state index contributed by atoms with van der Waals surface area (Å²) in [6.07, 6.45) is -0.526. The van der Waals surface area contributed by atoms with E-state index in [1.54, 1.807) is 23.1 Å². The first-order valence-electron chi connectivity index (χ1n) is 7.90. The second kappa shape index (κ2) is 7.55. The largest absolute Gasteiger partial charge is 0.490 e. The van der Waals surface area contributed by atoms with Crippen molar-refractivity contribution in [3.63, 3.8) is 0 Å². The van der Waals surface area contributed by atoms with Gasteiger partial charge < -0.3 is 9.84 Å². The van der Waals surface area contributed by atoms with Gasteiger partial charge in [0.05, 0.1) is 16.3 Å². The lowest BCUT2D eigenvalue weighted by Crippen LogP contribution is -2.20. The standard InChI is InChI=1S/C19H21NO2S2/c1-12-8-13(2)18(14(3)9-12)22-10-15(21)11-23-19-20-16-6-4-5-7-17(16)24-19/h4-9,15,21H,10-11H2,1-3H3. The minimum Gasteiger partial charge on any atom is -0.490 e. The monoisotopic (exact) mass is 359 g/mol. The number of hydrogen-bond acceptors (Lipinski definition) is 5. The van der Waals surface area contributed by atoms with Crippen LogP contribution in [0.2, 0.25) is 0 Å². The Bertz CT molecular complexity index is 788. The van der Waals surface area contributed by atoms with E-state index in [4.69, 9.17) is 4.74 Å². The molecule has 1 unspecified atom stereocenters. The zero-order chi connectivity index (χ0) is 17.1. The number of aryl methyl sites for hydroxylation is 3. The Kier molecular flexibility index (Phi) is 5.43. The third kappa shape index (κ3) is 4.09. The summed E-state index contributed by atoms with van der Waals surface area (Å²) in [6.45, 7) is 6.45. The van der Waals surface area contributed by atoms with Crippen molar-refractivity contribution in [1.29, 1.82) is 0 Å². The summed E-state index contributed by atoms with van der Waals surface area (Å²) in [5.74, 6) is 1.45. The molecule has 24 heavy (non-hydrogen) atoms. The van der Waals surface area contributed by atoms with Gasteiger partial charge in [-0.25, -0.2) is 4.98 Å². The van der Waals surface area contributed by atoms with Crippen LogP contribution in [-0.4, -0.2) is 28.6 Å². The summed E-state index contributed by atoms with van der Waals surface area (Å²) in [6, 6.07) is 12.3. The van der Waals surface area contributed by atoms with Crippen LogP contribution in [0.4, 0.5) is 0 Å². The van der Waals surface area contributed by atoms with Crippen LogP contribution in [0.3, 0.4) is 0 Å². The van der Waals surface area contributed by atoms with Crippen molar-refractivity contribution in [2.75, 3.05) is 12.4 Å². The molecule has 0 aliphatic heterocycles. The van der Waals surface area contributed by atoms with Crippen LogP contribution >= 0.6 is 23.1 Å². The highest BCUT2D eigenvalue weighted by Crippen LogP contribution is 2.30. The van der Waals surface area contributed by atoms with Crippen molar-refractivity contribution in [2.24, 2.45) is 0 Å². The number of aromatic nitrogens is 1. The first kappa shape index (κ1) is 17.3. The van der Waals surface area contributed by atoms with E-state index in [9.17, 15) is 5.11 Å². The molecule has 1 heterocycles. The van der Waals surface area contributed by atoms with Crippen LogP contribution in [0.15, 0.2) is 40.7 Å². The zero-order valence-electron chi connectivity index (χ0n) is 14.1. The van der Waals surface area contributed by atoms with Gasteiger partial charge in [-0.2, -0.15) is 0 Å². The molecule has 0 saturated heterocycles. The van der Waals surface area contributed by atoms with Gasteiger partial charge in [0.1, 0.15) is 12.4 Å². The Hall–Kier alpha value is -1.56. The number of ether oxygens (including phenoxy) is 1. The summed E-state index contributed by atoms with van der Waals surface area (Å²) >= 11 is 3.24. The number of aliphatic hydroxyl groups is 1. The van der Waals surface area contributed by atoms with Crippen molar-refractivity contribution in [3.8, 4) is 5.75 Å². The van der Waals surface area contributed by atoms with Crippen LogP contribution in [-0.2, 0) is 0 Å². The molecule has 3 aromatic rings. The van der Waals surface area contributed by atoms with Gasteiger partial charge >= 0.3 is 0 Å². The van der Waals surface area contributed by atoms with E-state index in [1.807, 2.05) is 32.0 Å². The first-order chi connectivity index (χ1) is 11.5. The summed E-state index contributed by atoms with van der Waals surface area (Å²) in [7, 11) is 0. The fraction of sp³-hybridized carbons (Fsp3) is 0.316. The smallest absolute Gasteiger partial charge is 0.151 e. The van der Waals surface area contributed by atoms with Gasteiger partial charge in [0, 0.05) is 5.75 Å². The summed E-state index contributed by atoms with van der Waals surface area (Å²) < 4.78 is 8.01. The third-order valence-electron chi connectivity index (χ3n) is 3.70. The number of para-hydroxylation sites is 1. The van der Waals surface area contributed by atoms with E-state index in [2.05, 4.69) is 30.1 Å². The van der Waals surface area contributed by atoms with Crippen LogP contribution < -0.4 is 4.74 Å². The molecule has 3 nitrogen and oxygen atoms in total. The first-order valence-corrected chi connectivity index (χ1v) is 9.70. The molecule has 0 aliphatic rings. The maximum absolute atomic E-state index is 10.2.